The quantitative estimate of drug-likeness (QED) is 0.795. The van der Waals surface area contributed by atoms with Crippen LogP contribution >= 0.6 is 58.0 Å². The molecule has 0 amide bonds. The first-order chi connectivity index (χ1) is 7.71. The second kappa shape index (κ2) is 5.85. The Morgan fingerprint density at radius 1 is 1.24 bits per heavy atom. The van der Waals surface area contributed by atoms with Crippen molar-refractivity contribution in [2.24, 2.45) is 0 Å². The number of carbonyl (C=O) groups is 1. The van der Waals surface area contributed by atoms with Crippen LogP contribution in [0.2, 0.25) is 10.0 Å². The summed E-state index contributed by atoms with van der Waals surface area (Å²) in [7, 11) is 0. The summed E-state index contributed by atoms with van der Waals surface area (Å²) in [6.07, 6.45) is -0.311. The van der Waals surface area contributed by atoms with E-state index in [2.05, 4.69) is 0 Å². The van der Waals surface area contributed by atoms with E-state index in [1.165, 1.54) is 12.1 Å². The molecule has 0 aliphatic carbocycles. The summed E-state index contributed by atoms with van der Waals surface area (Å²) in [6, 6.07) is 4.62. The second-order valence-corrected chi connectivity index (χ2v) is 6.55. The summed E-state index contributed by atoms with van der Waals surface area (Å²) < 4.78 is -1.73. The number of benzene rings is 1. The molecule has 7 heteroatoms. The molecule has 1 unspecified atom stereocenters. The molecule has 0 aliphatic rings. The monoisotopic (exact) mass is 334 g/mol. The van der Waals surface area contributed by atoms with Crippen molar-refractivity contribution in [3.05, 3.63) is 33.8 Å². The molecular formula is C10H7Cl5O2. The predicted octanol–water partition coefficient (Wildman–Crippen LogP) is 4.92. The maximum absolute atomic E-state index is 10.7. The molecule has 2 nitrogen and oxygen atoms in total. The largest absolute Gasteiger partial charge is 0.481 e. The fourth-order valence-electron chi connectivity index (χ4n) is 1.33. The molecule has 0 bridgehead atoms. The summed E-state index contributed by atoms with van der Waals surface area (Å²) >= 11 is 28.9. The van der Waals surface area contributed by atoms with Crippen LogP contribution in [0.15, 0.2) is 18.2 Å². The van der Waals surface area contributed by atoms with E-state index in [9.17, 15) is 4.79 Å². The van der Waals surface area contributed by atoms with Gasteiger partial charge in [-0.05, 0) is 17.7 Å². The smallest absolute Gasteiger partial charge is 0.304 e. The molecule has 1 N–H and O–H groups in total. The Hall–Kier alpha value is 0.140. The van der Waals surface area contributed by atoms with E-state index in [0.717, 1.165) is 0 Å². The highest BCUT2D eigenvalue weighted by molar-refractivity contribution is 6.68. The highest BCUT2D eigenvalue weighted by Crippen LogP contribution is 2.44. The molecule has 0 saturated carbocycles. The average Bonchev–Trinajstić information content (AvgIpc) is 2.17. The van der Waals surface area contributed by atoms with Gasteiger partial charge in [-0.25, -0.2) is 0 Å². The van der Waals surface area contributed by atoms with Gasteiger partial charge >= 0.3 is 5.97 Å². The summed E-state index contributed by atoms with van der Waals surface area (Å²) in [4.78, 5) is 10.7. The van der Waals surface area contributed by atoms with Crippen molar-refractivity contribution in [3.63, 3.8) is 0 Å². The first-order valence-corrected chi connectivity index (χ1v) is 6.34. The number of halogens is 5. The standard InChI is InChI=1S/C10H7Cl5O2/c11-7-2-1-5(3-8(7)12)6(4-9(16)17)10(13,14)15/h1-3,6H,4H2,(H,16,17). The van der Waals surface area contributed by atoms with Gasteiger partial charge in [0.25, 0.3) is 0 Å². The minimum absolute atomic E-state index is 0.286. The molecule has 1 atom stereocenters. The first-order valence-electron chi connectivity index (χ1n) is 4.45. The highest BCUT2D eigenvalue weighted by Gasteiger charge is 2.35. The lowest BCUT2D eigenvalue weighted by molar-refractivity contribution is -0.137. The minimum Gasteiger partial charge on any atom is -0.481 e. The summed E-state index contributed by atoms with van der Waals surface area (Å²) in [5.41, 5.74) is 0.516. The maximum atomic E-state index is 10.7. The van der Waals surface area contributed by atoms with E-state index in [0.29, 0.717) is 10.6 Å². The van der Waals surface area contributed by atoms with Crippen LogP contribution in [0.5, 0.6) is 0 Å². The van der Waals surface area contributed by atoms with Crippen molar-refractivity contribution in [1.29, 1.82) is 0 Å². The molecule has 1 rings (SSSR count). The molecule has 17 heavy (non-hydrogen) atoms. The zero-order valence-electron chi connectivity index (χ0n) is 8.26. The van der Waals surface area contributed by atoms with Gasteiger partial charge in [0.15, 0.2) is 3.79 Å². The van der Waals surface area contributed by atoms with Crippen LogP contribution in [0.25, 0.3) is 0 Å². The lowest BCUT2D eigenvalue weighted by atomic mass is 9.97. The Morgan fingerprint density at radius 3 is 2.24 bits per heavy atom. The van der Waals surface area contributed by atoms with Crippen molar-refractivity contribution in [2.45, 2.75) is 16.1 Å². The van der Waals surface area contributed by atoms with E-state index in [-0.39, 0.29) is 11.4 Å². The highest BCUT2D eigenvalue weighted by atomic mass is 35.6. The molecule has 1 aromatic rings. The Morgan fingerprint density at radius 2 is 1.82 bits per heavy atom. The molecular weight excluding hydrogens is 329 g/mol. The molecule has 0 heterocycles. The van der Waals surface area contributed by atoms with Gasteiger partial charge < -0.3 is 5.11 Å². The summed E-state index contributed by atoms with van der Waals surface area (Å²) in [5.74, 6) is -1.85. The van der Waals surface area contributed by atoms with E-state index >= 15 is 0 Å². The Bertz CT molecular complexity index is 427. The van der Waals surface area contributed by atoms with Crippen molar-refractivity contribution in [3.8, 4) is 0 Å². The maximum Gasteiger partial charge on any atom is 0.304 e. The van der Waals surface area contributed by atoms with E-state index in [1.54, 1.807) is 6.07 Å². The molecule has 0 spiro atoms. The third-order valence-corrected chi connectivity index (χ3v) is 3.65. The fourth-order valence-corrected chi connectivity index (χ4v) is 2.24. The van der Waals surface area contributed by atoms with Crippen LogP contribution in [0, 0.1) is 0 Å². The van der Waals surface area contributed by atoms with Crippen molar-refractivity contribution in [1.82, 2.24) is 0 Å². The van der Waals surface area contributed by atoms with Crippen LogP contribution in [0.3, 0.4) is 0 Å². The van der Waals surface area contributed by atoms with Gasteiger partial charge in [0.2, 0.25) is 0 Å². The van der Waals surface area contributed by atoms with Crippen molar-refractivity contribution in [2.75, 3.05) is 0 Å². The molecule has 0 radical (unpaired) electrons. The van der Waals surface area contributed by atoms with Crippen LogP contribution < -0.4 is 0 Å². The molecule has 94 valence electrons. The van der Waals surface area contributed by atoms with Crippen LogP contribution in [0.4, 0.5) is 0 Å². The SMILES string of the molecule is O=C(O)CC(c1ccc(Cl)c(Cl)c1)C(Cl)(Cl)Cl. The van der Waals surface area contributed by atoms with Crippen LogP contribution in [0.1, 0.15) is 17.9 Å². The number of rotatable bonds is 3. The first kappa shape index (κ1) is 15.2. The fraction of sp³-hybridized carbons (Fsp3) is 0.300. The van der Waals surface area contributed by atoms with Gasteiger partial charge in [0, 0.05) is 5.92 Å². The van der Waals surface area contributed by atoms with E-state index < -0.39 is 15.7 Å². The normalized spacial score (nSPS) is 13.5. The topological polar surface area (TPSA) is 37.3 Å². The van der Waals surface area contributed by atoms with E-state index in [1.807, 2.05) is 0 Å². The minimum atomic E-state index is -1.73. The average molecular weight is 336 g/mol. The summed E-state index contributed by atoms with van der Waals surface area (Å²) in [5, 5.41) is 9.44. The van der Waals surface area contributed by atoms with Gasteiger partial charge in [0.1, 0.15) is 0 Å². The van der Waals surface area contributed by atoms with Gasteiger partial charge in [-0.3, -0.25) is 4.79 Å². The molecule has 0 fully saturated rings. The van der Waals surface area contributed by atoms with Gasteiger partial charge in [-0.1, -0.05) is 64.1 Å². The zero-order valence-corrected chi connectivity index (χ0v) is 12.0. The van der Waals surface area contributed by atoms with Crippen LogP contribution in [-0.2, 0) is 4.79 Å². The van der Waals surface area contributed by atoms with Gasteiger partial charge in [0.05, 0.1) is 16.5 Å². The molecule has 0 aromatic heterocycles. The Labute approximate surface area is 123 Å². The number of carboxylic acids is 1. The van der Waals surface area contributed by atoms with Gasteiger partial charge in [-0.15, -0.1) is 0 Å². The van der Waals surface area contributed by atoms with Crippen molar-refractivity contribution >= 4 is 64.0 Å². The molecule has 0 saturated heterocycles. The number of hydrogen-bond donors (Lipinski definition) is 1. The number of carboxylic acid groups (broad SMARTS) is 1. The number of aliphatic carboxylic acids is 1. The molecule has 0 aliphatic heterocycles. The Balaban J connectivity index is 3.13. The van der Waals surface area contributed by atoms with Gasteiger partial charge in [-0.2, -0.15) is 0 Å². The Kier molecular flexibility index (Phi) is 5.23. The van der Waals surface area contributed by atoms with Crippen LogP contribution in [-0.4, -0.2) is 14.9 Å². The third-order valence-electron chi connectivity index (χ3n) is 2.12. The second-order valence-electron chi connectivity index (χ2n) is 3.37. The predicted molar refractivity (Wildman–Crippen MR) is 71.7 cm³/mol. The molecule has 1 aromatic carbocycles. The van der Waals surface area contributed by atoms with E-state index in [4.69, 9.17) is 63.1 Å². The third kappa shape index (κ3) is 4.38. The number of alkyl halides is 3. The number of hydrogen-bond acceptors (Lipinski definition) is 1. The lowest BCUT2D eigenvalue weighted by Gasteiger charge is -2.23. The lowest BCUT2D eigenvalue weighted by Crippen LogP contribution is -2.20. The van der Waals surface area contributed by atoms with Crippen molar-refractivity contribution < 1.29 is 9.90 Å². The zero-order chi connectivity index (χ0) is 13.2. The summed E-state index contributed by atoms with van der Waals surface area (Å²) in [6.45, 7) is 0.